The summed E-state index contributed by atoms with van der Waals surface area (Å²) in [5, 5.41) is 0. The van der Waals surface area contributed by atoms with Gasteiger partial charge in [0.25, 0.3) is 0 Å². The minimum atomic E-state index is -3.33. The molecule has 0 bridgehead atoms. The summed E-state index contributed by atoms with van der Waals surface area (Å²) in [4.78, 5) is 0.435. The van der Waals surface area contributed by atoms with Crippen molar-refractivity contribution in [1.29, 1.82) is 0 Å². The van der Waals surface area contributed by atoms with Crippen LogP contribution >= 0.6 is 0 Å². The Bertz CT molecular complexity index is 547. The predicted molar refractivity (Wildman–Crippen MR) is 68.0 cm³/mol. The molecule has 98 valence electrons. The lowest BCUT2D eigenvalue weighted by Gasteiger charge is -2.26. The maximum atomic E-state index is 12.5. The molecule has 18 heavy (non-hydrogen) atoms. The smallest absolute Gasteiger partial charge is 0.243 e. The van der Waals surface area contributed by atoms with E-state index in [0.717, 1.165) is 19.3 Å². The molecule has 0 amide bonds. The molecule has 0 spiro atoms. The van der Waals surface area contributed by atoms with Crippen LogP contribution in [0.4, 0.5) is 0 Å². The van der Waals surface area contributed by atoms with Crippen LogP contribution in [0.2, 0.25) is 0 Å². The SMILES string of the molecule is O=S(=O)(c1ccc2c(c1)CCC2)N1CCOCC1. The van der Waals surface area contributed by atoms with Gasteiger partial charge in [0.2, 0.25) is 10.0 Å². The summed E-state index contributed by atoms with van der Waals surface area (Å²) in [5.41, 5.74) is 2.50. The molecule has 1 aliphatic carbocycles. The third kappa shape index (κ3) is 2.06. The van der Waals surface area contributed by atoms with Gasteiger partial charge < -0.3 is 4.74 Å². The lowest BCUT2D eigenvalue weighted by Crippen LogP contribution is -2.40. The number of aryl methyl sites for hydroxylation is 2. The first-order valence-electron chi connectivity index (χ1n) is 6.37. The Morgan fingerprint density at radius 2 is 1.78 bits per heavy atom. The van der Waals surface area contributed by atoms with E-state index in [9.17, 15) is 8.42 Å². The molecule has 0 N–H and O–H groups in total. The third-order valence-electron chi connectivity index (χ3n) is 3.68. The molecule has 0 atom stereocenters. The fourth-order valence-corrected chi connectivity index (χ4v) is 4.10. The quantitative estimate of drug-likeness (QED) is 0.809. The van der Waals surface area contributed by atoms with Gasteiger partial charge in [-0.2, -0.15) is 4.31 Å². The van der Waals surface area contributed by atoms with Gasteiger partial charge in [-0.3, -0.25) is 0 Å². The number of benzene rings is 1. The number of ether oxygens (including phenoxy) is 1. The van der Waals surface area contributed by atoms with E-state index in [1.807, 2.05) is 12.1 Å². The Hall–Kier alpha value is -0.910. The molecule has 3 rings (SSSR count). The summed E-state index contributed by atoms with van der Waals surface area (Å²) >= 11 is 0. The molecule has 1 fully saturated rings. The zero-order valence-corrected chi connectivity index (χ0v) is 11.1. The van der Waals surface area contributed by atoms with Gasteiger partial charge in [0.05, 0.1) is 18.1 Å². The zero-order chi connectivity index (χ0) is 12.6. The van der Waals surface area contributed by atoms with E-state index in [2.05, 4.69) is 0 Å². The lowest BCUT2D eigenvalue weighted by molar-refractivity contribution is 0.0730. The van der Waals surface area contributed by atoms with Crippen LogP contribution in [0.25, 0.3) is 0 Å². The van der Waals surface area contributed by atoms with Crippen LogP contribution in [0.1, 0.15) is 17.5 Å². The van der Waals surface area contributed by atoms with Crippen molar-refractivity contribution in [2.75, 3.05) is 26.3 Å². The molecule has 1 aliphatic heterocycles. The second-order valence-corrected chi connectivity index (χ2v) is 6.74. The van der Waals surface area contributed by atoms with Gasteiger partial charge in [-0.25, -0.2) is 8.42 Å². The monoisotopic (exact) mass is 267 g/mol. The summed E-state index contributed by atoms with van der Waals surface area (Å²) in [6.45, 7) is 1.90. The fraction of sp³-hybridized carbons (Fsp3) is 0.538. The van der Waals surface area contributed by atoms with E-state index < -0.39 is 10.0 Å². The summed E-state index contributed by atoms with van der Waals surface area (Å²) in [5.74, 6) is 0. The van der Waals surface area contributed by atoms with Crippen molar-refractivity contribution < 1.29 is 13.2 Å². The molecule has 0 unspecified atom stereocenters. The molecule has 4 nitrogen and oxygen atoms in total. The van der Waals surface area contributed by atoms with Crippen LogP contribution < -0.4 is 0 Å². The lowest BCUT2D eigenvalue weighted by atomic mass is 10.1. The molecule has 1 heterocycles. The van der Waals surface area contributed by atoms with Gasteiger partial charge >= 0.3 is 0 Å². The van der Waals surface area contributed by atoms with Crippen molar-refractivity contribution in [2.24, 2.45) is 0 Å². The Labute approximate surface area is 108 Å². The number of fused-ring (bicyclic) bond motifs is 1. The second-order valence-electron chi connectivity index (χ2n) is 4.80. The van der Waals surface area contributed by atoms with Crippen molar-refractivity contribution in [2.45, 2.75) is 24.2 Å². The molecule has 1 aromatic rings. The fourth-order valence-electron chi connectivity index (χ4n) is 2.64. The highest BCUT2D eigenvalue weighted by Crippen LogP contribution is 2.26. The van der Waals surface area contributed by atoms with Crippen molar-refractivity contribution >= 4 is 10.0 Å². The van der Waals surface area contributed by atoms with E-state index in [-0.39, 0.29) is 0 Å². The molecule has 0 radical (unpaired) electrons. The largest absolute Gasteiger partial charge is 0.379 e. The highest BCUT2D eigenvalue weighted by atomic mass is 32.2. The summed E-state index contributed by atoms with van der Waals surface area (Å²) in [6, 6.07) is 5.57. The average molecular weight is 267 g/mol. The van der Waals surface area contributed by atoms with E-state index in [1.165, 1.54) is 15.4 Å². The standard InChI is InChI=1S/C13H17NO3S/c15-18(16,14-6-8-17-9-7-14)13-5-4-11-2-1-3-12(11)10-13/h4-5,10H,1-3,6-9H2. The minimum Gasteiger partial charge on any atom is -0.379 e. The highest BCUT2D eigenvalue weighted by molar-refractivity contribution is 7.89. The van der Waals surface area contributed by atoms with Crippen molar-refractivity contribution in [1.82, 2.24) is 4.31 Å². The summed E-state index contributed by atoms with van der Waals surface area (Å²) < 4.78 is 31.6. The zero-order valence-electron chi connectivity index (χ0n) is 10.3. The molecule has 1 saturated heterocycles. The Balaban J connectivity index is 1.93. The van der Waals surface area contributed by atoms with E-state index in [4.69, 9.17) is 4.74 Å². The summed E-state index contributed by atoms with van der Waals surface area (Å²) in [6.07, 6.45) is 3.21. The predicted octanol–water partition coefficient (Wildman–Crippen LogP) is 1.20. The first-order chi connectivity index (χ1) is 8.68. The van der Waals surface area contributed by atoms with Crippen molar-refractivity contribution in [3.8, 4) is 0 Å². The molecular weight excluding hydrogens is 250 g/mol. The Morgan fingerprint density at radius 1 is 1.06 bits per heavy atom. The van der Waals surface area contributed by atoms with Crippen LogP contribution in [0.5, 0.6) is 0 Å². The van der Waals surface area contributed by atoms with Crippen molar-refractivity contribution in [3.05, 3.63) is 29.3 Å². The maximum absolute atomic E-state index is 12.5. The van der Waals surface area contributed by atoms with E-state index in [1.54, 1.807) is 6.07 Å². The van der Waals surface area contributed by atoms with Crippen LogP contribution in [0, 0.1) is 0 Å². The van der Waals surface area contributed by atoms with Crippen LogP contribution in [-0.4, -0.2) is 39.0 Å². The highest BCUT2D eigenvalue weighted by Gasteiger charge is 2.27. The van der Waals surface area contributed by atoms with Gasteiger partial charge in [-0.1, -0.05) is 6.07 Å². The average Bonchev–Trinajstić information content (AvgIpc) is 2.87. The normalized spacial score (nSPS) is 20.9. The number of morpholine rings is 1. The topological polar surface area (TPSA) is 46.6 Å². The van der Waals surface area contributed by atoms with Crippen LogP contribution in [-0.2, 0) is 27.6 Å². The number of nitrogens with zero attached hydrogens (tertiary/aromatic N) is 1. The second kappa shape index (κ2) is 4.64. The molecule has 5 heteroatoms. The molecular formula is C13H17NO3S. The van der Waals surface area contributed by atoms with Gasteiger partial charge in [-0.15, -0.1) is 0 Å². The number of hydrogen-bond acceptors (Lipinski definition) is 3. The van der Waals surface area contributed by atoms with E-state index >= 15 is 0 Å². The number of hydrogen-bond donors (Lipinski definition) is 0. The Morgan fingerprint density at radius 3 is 2.56 bits per heavy atom. The van der Waals surface area contributed by atoms with Crippen LogP contribution in [0.15, 0.2) is 23.1 Å². The first kappa shape index (κ1) is 12.1. The third-order valence-corrected chi connectivity index (χ3v) is 5.57. The van der Waals surface area contributed by atoms with Gasteiger partial charge in [-0.05, 0) is 42.5 Å². The number of rotatable bonds is 2. The molecule has 0 saturated carbocycles. The maximum Gasteiger partial charge on any atom is 0.243 e. The van der Waals surface area contributed by atoms with Gasteiger partial charge in [0.15, 0.2) is 0 Å². The van der Waals surface area contributed by atoms with E-state index in [0.29, 0.717) is 31.2 Å². The van der Waals surface area contributed by atoms with Crippen LogP contribution in [0.3, 0.4) is 0 Å². The summed E-state index contributed by atoms with van der Waals surface area (Å²) in [7, 11) is -3.33. The Kier molecular flexibility index (Phi) is 3.13. The first-order valence-corrected chi connectivity index (χ1v) is 7.82. The van der Waals surface area contributed by atoms with Gasteiger partial charge in [0.1, 0.15) is 0 Å². The minimum absolute atomic E-state index is 0.435. The van der Waals surface area contributed by atoms with Gasteiger partial charge in [0, 0.05) is 13.1 Å². The molecule has 1 aromatic carbocycles. The van der Waals surface area contributed by atoms with Crippen molar-refractivity contribution in [3.63, 3.8) is 0 Å². The number of sulfonamides is 1. The molecule has 2 aliphatic rings. The molecule has 0 aromatic heterocycles.